The summed E-state index contributed by atoms with van der Waals surface area (Å²) in [6, 6.07) is 16.1. The van der Waals surface area contributed by atoms with Crippen LogP contribution in [0.3, 0.4) is 0 Å². The van der Waals surface area contributed by atoms with Gasteiger partial charge in [-0.15, -0.1) is 0 Å². The minimum Gasteiger partial charge on any atom is -0.276 e. The third-order valence-corrected chi connectivity index (χ3v) is 5.92. The molecule has 0 saturated heterocycles. The lowest BCUT2D eigenvalue weighted by Gasteiger charge is -2.11. The summed E-state index contributed by atoms with van der Waals surface area (Å²) in [4.78, 5) is 36.7. The van der Waals surface area contributed by atoms with Gasteiger partial charge in [0.2, 0.25) is 5.82 Å². The first kappa shape index (κ1) is 20.7. The van der Waals surface area contributed by atoms with Gasteiger partial charge in [0, 0.05) is 21.0 Å². The minimum absolute atomic E-state index is 0.121. The number of benzene rings is 2. The minimum atomic E-state index is -0.589. The topological polar surface area (TPSA) is 123 Å². The molecule has 11 heteroatoms. The van der Waals surface area contributed by atoms with E-state index in [1.54, 1.807) is 30.5 Å². The largest absolute Gasteiger partial charge is 0.345 e. The molecule has 0 bridgehead atoms. The number of hydrogen-bond acceptors (Lipinski definition) is 8. The van der Waals surface area contributed by atoms with Gasteiger partial charge in [-0.05, 0) is 40.2 Å². The normalized spacial score (nSPS) is 10.6. The Morgan fingerprint density at radius 1 is 1.03 bits per heavy atom. The third-order valence-electron chi connectivity index (χ3n) is 4.19. The van der Waals surface area contributed by atoms with Crippen molar-refractivity contribution in [3.05, 3.63) is 87.3 Å². The van der Waals surface area contributed by atoms with Crippen molar-refractivity contribution >= 4 is 56.0 Å². The number of anilines is 1. The van der Waals surface area contributed by atoms with E-state index in [9.17, 15) is 14.9 Å². The second-order valence-electron chi connectivity index (χ2n) is 6.13. The lowest BCUT2D eigenvalue weighted by Crippen LogP contribution is -2.30. The summed E-state index contributed by atoms with van der Waals surface area (Å²) < 4.78 is 0.589. The number of aromatic nitrogens is 3. The Morgan fingerprint density at radius 3 is 2.65 bits per heavy atom. The molecule has 0 aliphatic carbocycles. The van der Waals surface area contributed by atoms with Crippen LogP contribution in [0.2, 0.25) is 0 Å². The van der Waals surface area contributed by atoms with Gasteiger partial charge in [-0.2, -0.15) is 0 Å². The first-order chi connectivity index (χ1) is 15.0. The molecule has 0 unspecified atom stereocenters. The van der Waals surface area contributed by atoms with Crippen molar-refractivity contribution in [2.45, 2.75) is 9.92 Å². The fraction of sp³-hybridized carbons (Fsp3) is 0. The zero-order chi connectivity index (χ0) is 21.8. The van der Waals surface area contributed by atoms with Gasteiger partial charge in [0.25, 0.3) is 5.91 Å². The molecule has 2 aromatic carbocycles. The molecule has 2 heterocycles. The predicted octanol–water partition coefficient (Wildman–Crippen LogP) is 4.60. The van der Waals surface area contributed by atoms with E-state index < -0.39 is 10.8 Å². The van der Waals surface area contributed by atoms with Crippen LogP contribution < -0.4 is 10.9 Å². The summed E-state index contributed by atoms with van der Waals surface area (Å²) in [6.07, 6.45) is 2.85. The highest BCUT2D eigenvalue weighted by atomic mass is 79.9. The fourth-order valence-electron chi connectivity index (χ4n) is 2.78. The Balaban J connectivity index is 1.63. The average Bonchev–Trinajstić information content (AvgIpc) is 2.78. The molecule has 31 heavy (non-hydrogen) atoms. The van der Waals surface area contributed by atoms with Crippen LogP contribution >= 0.6 is 27.7 Å². The van der Waals surface area contributed by atoms with E-state index in [2.05, 4.69) is 41.7 Å². The molecule has 4 aromatic rings. The molecule has 0 fully saturated rings. The number of nitrogens with zero attached hydrogens (tertiary/aromatic N) is 4. The number of fused-ring (bicyclic) bond motifs is 1. The van der Waals surface area contributed by atoms with Crippen molar-refractivity contribution in [3.8, 4) is 0 Å². The lowest BCUT2D eigenvalue weighted by atomic mass is 10.2. The van der Waals surface area contributed by atoms with Crippen LogP contribution in [0.25, 0.3) is 10.9 Å². The number of pyridine rings is 1. The van der Waals surface area contributed by atoms with Gasteiger partial charge in [-0.25, -0.2) is 9.97 Å². The Bertz CT molecular complexity index is 1300. The van der Waals surface area contributed by atoms with Gasteiger partial charge < -0.3 is 0 Å². The molecule has 0 spiro atoms. The second kappa shape index (κ2) is 9.06. The van der Waals surface area contributed by atoms with E-state index >= 15 is 0 Å². The summed E-state index contributed by atoms with van der Waals surface area (Å²) in [5.74, 6) is -0.607. The SMILES string of the molecule is O=C(NNc1ncnc(Sc2cccc3cccnc23)c1[N+](=O)[O-])c1ccccc1Br. The molecule has 1 amide bonds. The van der Waals surface area contributed by atoms with E-state index in [1.807, 2.05) is 30.3 Å². The highest BCUT2D eigenvalue weighted by molar-refractivity contribution is 9.10. The van der Waals surface area contributed by atoms with Gasteiger partial charge in [-0.1, -0.05) is 42.1 Å². The number of nitro groups is 1. The Morgan fingerprint density at radius 2 is 1.84 bits per heavy atom. The number of halogens is 1. The molecule has 0 saturated carbocycles. The van der Waals surface area contributed by atoms with Crippen LogP contribution in [0.4, 0.5) is 11.5 Å². The van der Waals surface area contributed by atoms with Crippen LogP contribution in [0.1, 0.15) is 10.4 Å². The van der Waals surface area contributed by atoms with Crippen LogP contribution in [0.15, 0.2) is 81.5 Å². The Kier molecular flexibility index (Phi) is 6.05. The smallest absolute Gasteiger partial charge is 0.276 e. The molecule has 0 radical (unpaired) electrons. The molecular weight excluding hydrogens is 484 g/mol. The summed E-state index contributed by atoms with van der Waals surface area (Å²) in [5.41, 5.74) is 5.70. The van der Waals surface area contributed by atoms with Crippen molar-refractivity contribution in [3.63, 3.8) is 0 Å². The number of hydrogen-bond donors (Lipinski definition) is 2. The van der Waals surface area contributed by atoms with Crippen molar-refractivity contribution in [2.75, 3.05) is 5.43 Å². The van der Waals surface area contributed by atoms with Crippen LogP contribution in [-0.4, -0.2) is 25.8 Å². The standard InChI is InChI=1S/C20H13BrN6O3S/c21-14-8-2-1-7-13(14)19(28)26-25-18-17(27(29)30)20(24-11-23-18)31-15-9-3-5-12-6-4-10-22-16(12)15/h1-11H,(H,26,28)(H,23,24,25). The summed E-state index contributed by atoms with van der Waals surface area (Å²) in [5, 5.41) is 12.8. The molecule has 154 valence electrons. The molecule has 0 atom stereocenters. The molecule has 0 aliphatic rings. The molecule has 9 nitrogen and oxygen atoms in total. The molecule has 2 aromatic heterocycles. The van der Waals surface area contributed by atoms with E-state index in [-0.39, 0.29) is 16.5 Å². The van der Waals surface area contributed by atoms with Crippen molar-refractivity contribution in [2.24, 2.45) is 0 Å². The molecule has 4 rings (SSSR count). The van der Waals surface area contributed by atoms with Gasteiger partial charge in [0.15, 0.2) is 5.03 Å². The number of para-hydroxylation sites is 1. The van der Waals surface area contributed by atoms with E-state index in [1.165, 1.54) is 6.33 Å². The second-order valence-corrected chi connectivity index (χ2v) is 8.01. The third kappa shape index (κ3) is 4.47. The average molecular weight is 497 g/mol. The Hall–Kier alpha value is -3.57. The molecule has 2 N–H and O–H groups in total. The van der Waals surface area contributed by atoms with Gasteiger partial charge >= 0.3 is 5.69 Å². The highest BCUT2D eigenvalue weighted by Crippen LogP contribution is 2.38. The van der Waals surface area contributed by atoms with E-state index in [0.717, 1.165) is 17.1 Å². The number of hydrazine groups is 1. The maximum absolute atomic E-state index is 12.4. The van der Waals surface area contributed by atoms with Gasteiger partial charge in [-0.3, -0.25) is 30.7 Å². The van der Waals surface area contributed by atoms with Crippen molar-refractivity contribution in [1.29, 1.82) is 0 Å². The molecule has 0 aliphatic heterocycles. The summed E-state index contributed by atoms with van der Waals surface area (Å²) >= 11 is 4.40. The number of carbonyl (C=O) groups excluding carboxylic acids is 1. The predicted molar refractivity (Wildman–Crippen MR) is 120 cm³/mol. The van der Waals surface area contributed by atoms with Crippen LogP contribution in [-0.2, 0) is 0 Å². The summed E-state index contributed by atoms with van der Waals surface area (Å²) in [7, 11) is 0. The lowest BCUT2D eigenvalue weighted by molar-refractivity contribution is -0.387. The number of amides is 1. The van der Waals surface area contributed by atoms with E-state index in [0.29, 0.717) is 20.4 Å². The Labute approximate surface area is 188 Å². The maximum atomic E-state index is 12.4. The number of rotatable bonds is 6. The monoisotopic (exact) mass is 496 g/mol. The van der Waals surface area contributed by atoms with Crippen LogP contribution in [0.5, 0.6) is 0 Å². The zero-order valence-electron chi connectivity index (χ0n) is 15.7. The highest BCUT2D eigenvalue weighted by Gasteiger charge is 2.25. The fourth-order valence-corrected chi connectivity index (χ4v) is 4.24. The summed E-state index contributed by atoms with van der Waals surface area (Å²) in [6.45, 7) is 0. The van der Waals surface area contributed by atoms with Crippen LogP contribution in [0, 0.1) is 10.1 Å². The first-order valence-corrected chi connectivity index (χ1v) is 10.5. The van der Waals surface area contributed by atoms with Gasteiger partial charge in [0.05, 0.1) is 16.0 Å². The number of nitrogens with one attached hydrogen (secondary N) is 2. The van der Waals surface area contributed by atoms with Crippen molar-refractivity contribution < 1.29 is 9.72 Å². The first-order valence-electron chi connectivity index (χ1n) is 8.86. The van der Waals surface area contributed by atoms with Gasteiger partial charge in [0.1, 0.15) is 6.33 Å². The quantitative estimate of drug-likeness (QED) is 0.225. The van der Waals surface area contributed by atoms with E-state index in [4.69, 9.17) is 0 Å². The maximum Gasteiger partial charge on any atom is 0.345 e. The molecular formula is C20H13BrN6O3S. The zero-order valence-corrected chi connectivity index (χ0v) is 18.1. The number of carbonyl (C=O) groups is 1. The van der Waals surface area contributed by atoms with Crippen molar-refractivity contribution in [1.82, 2.24) is 20.4 Å².